The molecule has 4 amide bonds. The Bertz CT molecular complexity index is 741. The number of carbonyl (C=O) groups is 6. The Hall–Kier alpha value is -2.09. The van der Waals surface area contributed by atoms with Crippen molar-refractivity contribution in [1.29, 1.82) is 0 Å². The minimum atomic E-state index is -1.40. The molecule has 13 heteroatoms. The van der Waals surface area contributed by atoms with Crippen LogP contribution in [0.25, 0.3) is 0 Å². The second kappa shape index (κ2) is 22.5. The van der Waals surface area contributed by atoms with E-state index in [1.165, 1.54) is 0 Å². The van der Waals surface area contributed by atoms with Crippen molar-refractivity contribution in [2.24, 2.45) is 35.1 Å². The van der Waals surface area contributed by atoms with Gasteiger partial charge in [0.15, 0.2) is 0 Å². The number of carboxylic acid groups (broad SMARTS) is 2. The molecule has 0 saturated heterocycles. The van der Waals surface area contributed by atoms with Crippen molar-refractivity contribution in [1.82, 2.24) is 9.80 Å². The van der Waals surface area contributed by atoms with E-state index in [4.69, 9.17) is 11.5 Å². The van der Waals surface area contributed by atoms with Gasteiger partial charge in [-0.1, -0.05) is 55.4 Å². The Labute approximate surface area is 261 Å². The Morgan fingerprint density at radius 1 is 0.512 bits per heavy atom. The molecule has 4 N–H and O–H groups in total. The van der Waals surface area contributed by atoms with Gasteiger partial charge in [0, 0.05) is 23.7 Å². The van der Waals surface area contributed by atoms with Gasteiger partial charge in [-0.25, -0.2) is 0 Å². The summed E-state index contributed by atoms with van der Waals surface area (Å²) < 4.78 is 0. The van der Waals surface area contributed by atoms with E-state index < -0.39 is 71.3 Å². The van der Waals surface area contributed by atoms with Crippen molar-refractivity contribution in [3.63, 3.8) is 0 Å². The largest absolute Gasteiger partial charge is 2.00 e. The van der Waals surface area contributed by atoms with E-state index in [0.717, 1.165) is 9.80 Å². The van der Waals surface area contributed by atoms with Gasteiger partial charge in [-0.2, -0.15) is 0 Å². The van der Waals surface area contributed by atoms with E-state index in [2.05, 4.69) is 0 Å². The summed E-state index contributed by atoms with van der Waals surface area (Å²) in [5.74, 6) is -6.52. The Balaban J connectivity index is -0.000000688. The van der Waals surface area contributed by atoms with Gasteiger partial charge < -0.3 is 31.3 Å². The monoisotopic (exact) mass is 594 g/mol. The van der Waals surface area contributed by atoms with Crippen LogP contribution in [0.2, 0.25) is 0 Å². The minimum absolute atomic E-state index is 0. The molecule has 0 rings (SSSR count). The van der Waals surface area contributed by atoms with Crippen LogP contribution in [0.15, 0.2) is 0 Å². The number of rotatable bonds is 16. The third-order valence-corrected chi connectivity index (χ3v) is 5.96. The van der Waals surface area contributed by atoms with E-state index in [1.54, 1.807) is 55.4 Å². The standard InChI is InChI=1S/2C14H26N2O4.Mg/c2*1-9(2)12(17)16(13(18)10(3)4)11(14(19)20)7-5-6-8-15;/h2*9-11H,5-8,15H2,1-4H3,(H,19,20);/q;;+2/p-2/t2*11-;/m00./s1. The topological polar surface area (TPSA) is 207 Å². The van der Waals surface area contributed by atoms with Gasteiger partial charge in [-0.15, -0.1) is 0 Å². The molecule has 0 aliphatic heterocycles. The van der Waals surface area contributed by atoms with E-state index in [9.17, 15) is 39.0 Å². The predicted octanol–water partition coefficient (Wildman–Crippen LogP) is -0.579. The molecule has 0 aliphatic carbocycles. The number of unbranched alkanes of at least 4 members (excludes halogenated alkanes) is 2. The number of carboxylic acids is 2. The maximum Gasteiger partial charge on any atom is 2.00 e. The maximum absolute atomic E-state index is 12.2. The summed E-state index contributed by atoms with van der Waals surface area (Å²) >= 11 is 0. The second-order valence-corrected chi connectivity index (χ2v) is 11.0. The fraction of sp³-hybridized carbons (Fsp3) is 0.786. The first-order valence-electron chi connectivity index (χ1n) is 14.0. The van der Waals surface area contributed by atoms with Crippen molar-refractivity contribution in [2.45, 2.75) is 106 Å². The van der Waals surface area contributed by atoms with E-state index in [1.807, 2.05) is 0 Å². The van der Waals surface area contributed by atoms with Crippen molar-refractivity contribution in [3.05, 3.63) is 0 Å². The molecule has 0 aliphatic rings. The predicted molar refractivity (Wildman–Crippen MR) is 152 cm³/mol. The molecule has 232 valence electrons. The quantitative estimate of drug-likeness (QED) is 0.172. The van der Waals surface area contributed by atoms with Crippen LogP contribution >= 0.6 is 0 Å². The molecule has 0 bridgehead atoms. The Morgan fingerprint density at radius 2 is 0.732 bits per heavy atom. The molecule has 0 heterocycles. The fourth-order valence-corrected chi connectivity index (χ4v) is 3.61. The summed E-state index contributed by atoms with van der Waals surface area (Å²) in [5, 5.41) is 22.6. The molecule has 0 aromatic carbocycles. The molecule has 0 aromatic rings. The third kappa shape index (κ3) is 15.6. The number of imide groups is 2. The van der Waals surface area contributed by atoms with Gasteiger partial charge in [0.05, 0.1) is 24.0 Å². The Kier molecular flexibility index (Phi) is 23.8. The normalized spacial score (nSPS) is 12.2. The summed E-state index contributed by atoms with van der Waals surface area (Å²) in [6.45, 7) is 14.0. The molecular formula is C28H50MgN4O8. The molecule has 0 aromatic heterocycles. The van der Waals surface area contributed by atoms with Crippen molar-refractivity contribution in [3.8, 4) is 0 Å². The van der Waals surface area contributed by atoms with Crippen LogP contribution in [-0.4, -0.2) is 93.6 Å². The number of hydrogen-bond donors (Lipinski definition) is 2. The zero-order chi connectivity index (χ0) is 31.7. The number of aliphatic carboxylic acids is 2. The molecule has 12 nitrogen and oxygen atoms in total. The SMILES string of the molecule is CC(C)C(=O)N(C(=O)C(C)C)[C@@H](CCCCN)C(=O)[O-].CC(C)C(=O)N(C(=O)C(C)C)[C@@H](CCCCN)C(=O)[O-].[Mg+2]. The van der Waals surface area contributed by atoms with Gasteiger partial charge in [0.25, 0.3) is 0 Å². The van der Waals surface area contributed by atoms with Crippen LogP contribution in [0.1, 0.15) is 93.9 Å². The van der Waals surface area contributed by atoms with Gasteiger partial charge in [0.2, 0.25) is 23.6 Å². The molecule has 0 fully saturated rings. The van der Waals surface area contributed by atoms with E-state index in [-0.39, 0.29) is 35.9 Å². The molecule has 0 saturated carbocycles. The van der Waals surface area contributed by atoms with Crippen molar-refractivity contribution >= 4 is 58.6 Å². The summed E-state index contributed by atoms with van der Waals surface area (Å²) in [6.07, 6.45) is 2.70. The molecule has 0 unspecified atom stereocenters. The summed E-state index contributed by atoms with van der Waals surface area (Å²) in [7, 11) is 0. The fourth-order valence-electron chi connectivity index (χ4n) is 3.61. The molecule has 0 radical (unpaired) electrons. The van der Waals surface area contributed by atoms with Crippen molar-refractivity contribution < 1.29 is 39.0 Å². The molecule has 0 spiro atoms. The van der Waals surface area contributed by atoms with Crippen LogP contribution in [0, 0.1) is 23.7 Å². The summed E-state index contributed by atoms with van der Waals surface area (Å²) in [6, 6.07) is -2.43. The second-order valence-electron chi connectivity index (χ2n) is 11.0. The number of amides is 4. The third-order valence-electron chi connectivity index (χ3n) is 5.96. The Morgan fingerprint density at radius 3 is 0.878 bits per heavy atom. The van der Waals surface area contributed by atoms with Gasteiger partial charge in [-0.05, 0) is 51.6 Å². The van der Waals surface area contributed by atoms with Crippen LogP contribution < -0.4 is 21.7 Å². The average Bonchev–Trinajstić information content (AvgIpc) is 2.86. The number of hydrogen-bond acceptors (Lipinski definition) is 10. The first-order chi connectivity index (χ1) is 18.5. The summed E-state index contributed by atoms with van der Waals surface area (Å²) in [4.78, 5) is 73.0. The van der Waals surface area contributed by atoms with Crippen LogP contribution in [0.4, 0.5) is 0 Å². The molecule has 41 heavy (non-hydrogen) atoms. The van der Waals surface area contributed by atoms with Crippen molar-refractivity contribution in [2.75, 3.05) is 13.1 Å². The molecule has 2 atom stereocenters. The minimum Gasteiger partial charge on any atom is -0.548 e. The first-order valence-corrected chi connectivity index (χ1v) is 14.0. The van der Waals surface area contributed by atoms with Gasteiger partial charge in [-0.3, -0.25) is 29.0 Å². The van der Waals surface area contributed by atoms with Crippen LogP contribution in [0.5, 0.6) is 0 Å². The number of nitrogens with two attached hydrogens (primary N) is 2. The number of nitrogens with zero attached hydrogens (tertiary/aromatic N) is 2. The first kappa shape index (κ1) is 43.4. The zero-order valence-electron chi connectivity index (χ0n) is 26.1. The van der Waals surface area contributed by atoms with Crippen LogP contribution in [0.3, 0.4) is 0 Å². The average molecular weight is 595 g/mol. The van der Waals surface area contributed by atoms with E-state index >= 15 is 0 Å². The van der Waals surface area contributed by atoms with E-state index in [0.29, 0.717) is 38.8 Å². The van der Waals surface area contributed by atoms with Gasteiger partial charge >= 0.3 is 23.1 Å². The smallest absolute Gasteiger partial charge is 0.548 e. The van der Waals surface area contributed by atoms with Crippen LogP contribution in [-0.2, 0) is 28.8 Å². The maximum atomic E-state index is 12.2. The zero-order valence-corrected chi connectivity index (χ0v) is 27.6. The van der Waals surface area contributed by atoms with Gasteiger partial charge in [0.1, 0.15) is 0 Å². The summed E-state index contributed by atoms with van der Waals surface area (Å²) in [5.41, 5.74) is 10.7. The molecular weight excluding hydrogens is 545 g/mol. The number of carbonyl (C=O) groups excluding carboxylic acids is 6.